The number of carbonyl (C=O) groups excluding carboxylic acids is 2. The van der Waals surface area contributed by atoms with Gasteiger partial charge in [-0.1, -0.05) is 30.3 Å². The monoisotopic (exact) mass is 467 g/mol. The van der Waals surface area contributed by atoms with Crippen LogP contribution < -0.4 is 9.80 Å². The smallest absolute Gasteiger partial charge is 0.242 e. The number of likely N-dealkylation sites (tertiary alicyclic amines) is 1. The number of carbonyl (C=O) groups is 2. The fourth-order valence-corrected chi connectivity index (χ4v) is 6.66. The first-order valence-electron chi connectivity index (χ1n) is 11.3. The predicted molar refractivity (Wildman–Crippen MR) is 128 cm³/mol. The molecule has 0 saturated carbocycles. The third-order valence-electron chi connectivity index (χ3n) is 7.71. The lowest BCUT2D eigenvalue weighted by atomic mass is 9.70. The Morgan fingerprint density at radius 1 is 0.788 bits per heavy atom. The van der Waals surface area contributed by atoms with Crippen molar-refractivity contribution in [3.05, 3.63) is 60.2 Å². The molecule has 3 aliphatic rings. The molecule has 8 heteroatoms. The molecular formula is C25H29N3O4S. The molecule has 0 spiro atoms. The van der Waals surface area contributed by atoms with E-state index in [2.05, 4.69) is 17.0 Å². The summed E-state index contributed by atoms with van der Waals surface area (Å²) in [6.45, 7) is 6.54. The van der Waals surface area contributed by atoms with Crippen molar-refractivity contribution in [3.8, 4) is 0 Å². The van der Waals surface area contributed by atoms with Crippen molar-refractivity contribution in [1.29, 1.82) is 0 Å². The van der Waals surface area contributed by atoms with Gasteiger partial charge in [-0.3, -0.25) is 14.5 Å². The van der Waals surface area contributed by atoms with Gasteiger partial charge in [-0.05, 0) is 43.7 Å². The third-order valence-corrected chi connectivity index (χ3v) is 9.32. The van der Waals surface area contributed by atoms with Crippen LogP contribution in [-0.4, -0.2) is 62.8 Å². The number of sulfone groups is 1. The molecule has 2 aromatic rings. The number of anilines is 2. The first-order valence-corrected chi connectivity index (χ1v) is 13.2. The maximum absolute atomic E-state index is 13.6. The molecule has 0 aliphatic carbocycles. The van der Waals surface area contributed by atoms with E-state index in [1.54, 1.807) is 12.1 Å². The van der Waals surface area contributed by atoms with Crippen molar-refractivity contribution in [1.82, 2.24) is 4.90 Å². The highest BCUT2D eigenvalue weighted by molar-refractivity contribution is 7.91. The predicted octanol–water partition coefficient (Wildman–Crippen LogP) is 2.32. The van der Waals surface area contributed by atoms with Gasteiger partial charge in [-0.2, -0.15) is 0 Å². The molecule has 33 heavy (non-hydrogen) atoms. The molecule has 3 fully saturated rings. The molecule has 7 nitrogen and oxygen atoms in total. The molecule has 0 radical (unpaired) electrons. The summed E-state index contributed by atoms with van der Waals surface area (Å²) in [5, 5.41) is 0. The van der Waals surface area contributed by atoms with Gasteiger partial charge >= 0.3 is 0 Å². The van der Waals surface area contributed by atoms with Gasteiger partial charge in [0.2, 0.25) is 11.8 Å². The van der Waals surface area contributed by atoms with Gasteiger partial charge in [-0.15, -0.1) is 0 Å². The zero-order valence-corrected chi connectivity index (χ0v) is 19.8. The lowest BCUT2D eigenvalue weighted by Gasteiger charge is -2.29. The topological polar surface area (TPSA) is 78.0 Å². The van der Waals surface area contributed by atoms with Crippen molar-refractivity contribution in [3.63, 3.8) is 0 Å². The summed E-state index contributed by atoms with van der Waals surface area (Å²) >= 11 is 0. The number of benzene rings is 2. The first-order chi connectivity index (χ1) is 15.6. The van der Waals surface area contributed by atoms with E-state index in [0.717, 1.165) is 5.69 Å². The second kappa shape index (κ2) is 7.67. The Morgan fingerprint density at radius 2 is 1.30 bits per heavy atom. The minimum absolute atomic E-state index is 0.147. The third kappa shape index (κ3) is 3.56. The second-order valence-electron chi connectivity index (χ2n) is 9.90. The van der Waals surface area contributed by atoms with Crippen molar-refractivity contribution in [2.75, 3.05) is 47.5 Å². The fourth-order valence-electron chi connectivity index (χ4n) is 5.46. The van der Waals surface area contributed by atoms with Gasteiger partial charge in [0.05, 0.1) is 28.0 Å². The van der Waals surface area contributed by atoms with Crippen molar-refractivity contribution in [2.24, 2.45) is 10.8 Å². The SMILES string of the molecule is CC12CN(Cc3ccccc3)CC1(C)C(=O)N(c1ccc(N3CCS(=O)(=O)CC3)cc1)C2=O. The molecule has 0 N–H and O–H groups in total. The lowest BCUT2D eigenvalue weighted by molar-refractivity contribution is -0.128. The highest BCUT2D eigenvalue weighted by atomic mass is 32.2. The summed E-state index contributed by atoms with van der Waals surface area (Å²) in [4.78, 5) is 32.7. The average molecular weight is 468 g/mol. The number of rotatable bonds is 4. The van der Waals surface area contributed by atoms with E-state index in [-0.39, 0.29) is 23.3 Å². The maximum Gasteiger partial charge on any atom is 0.242 e. The summed E-state index contributed by atoms with van der Waals surface area (Å²) in [5.74, 6) is -0.00742. The molecule has 0 aromatic heterocycles. The minimum atomic E-state index is -2.95. The lowest BCUT2D eigenvalue weighted by Crippen LogP contribution is -2.40. The van der Waals surface area contributed by atoms with Gasteiger partial charge in [0.15, 0.2) is 9.84 Å². The Bertz CT molecular complexity index is 1150. The van der Waals surface area contributed by atoms with Crippen LogP contribution in [0.2, 0.25) is 0 Å². The number of fused-ring (bicyclic) bond motifs is 1. The van der Waals surface area contributed by atoms with E-state index in [9.17, 15) is 18.0 Å². The zero-order valence-electron chi connectivity index (χ0n) is 19.0. The highest BCUT2D eigenvalue weighted by Gasteiger charge is 2.68. The van der Waals surface area contributed by atoms with Crippen LogP contribution in [0, 0.1) is 10.8 Å². The first kappa shape index (κ1) is 22.1. The quantitative estimate of drug-likeness (QED) is 0.643. The number of imide groups is 1. The van der Waals surface area contributed by atoms with E-state index in [1.807, 2.05) is 49.1 Å². The molecule has 3 aliphatic heterocycles. The molecule has 5 rings (SSSR count). The standard InChI is InChI=1S/C25H29N3O4S/c1-24-17-26(16-19-6-4-3-5-7-19)18-25(24,2)23(30)28(22(24)29)21-10-8-20(9-11-21)27-12-14-33(31,32)15-13-27/h3-11H,12-18H2,1-2H3. The van der Waals surface area contributed by atoms with Crippen LogP contribution in [0.4, 0.5) is 11.4 Å². The molecule has 2 amide bonds. The minimum Gasteiger partial charge on any atom is -0.369 e. The molecular weight excluding hydrogens is 438 g/mol. The Morgan fingerprint density at radius 3 is 1.85 bits per heavy atom. The fraction of sp³-hybridized carbons (Fsp3) is 0.440. The average Bonchev–Trinajstić information content (AvgIpc) is 3.13. The van der Waals surface area contributed by atoms with Gasteiger partial charge < -0.3 is 4.90 Å². The summed E-state index contributed by atoms with van der Waals surface area (Å²) in [6.07, 6.45) is 0. The van der Waals surface area contributed by atoms with Gasteiger partial charge in [0.25, 0.3) is 0 Å². The van der Waals surface area contributed by atoms with E-state index < -0.39 is 20.7 Å². The maximum atomic E-state index is 13.6. The Hall–Kier alpha value is -2.71. The summed E-state index contributed by atoms with van der Waals surface area (Å²) in [7, 11) is -2.95. The van der Waals surface area contributed by atoms with Crippen LogP contribution in [-0.2, 0) is 26.0 Å². The number of amides is 2. The van der Waals surface area contributed by atoms with Crippen LogP contribution in [0.3, 0.4) is 0 Å². The molecule has 0 bridgehead atoms. The van der Waals surface area contributed by atoms with Gasteiger partial charge in [-0.25, -0.2) is 13.3 Å². The van der Waals surface area contributed by atoms with Crippen LogP contribution in [0.25, 0.3) is 0 Å². The van der Waals surface area contributed by atoms with E-state index in [0.29, 0.717) is 38.4 Å². The zero-order chi connectivity index (χ0) is 23.4. The van der Waals surface area contributed by atoms with E-state index in [4.69, 9.17) is 0 Å². The van der Waals surface area contributed by atoms with Crippen LogP contribution in [0.5, 0.6) is 0 Å². The largest absolute Gasteiger partial charge is 0.369 e. The Labute approximate surface area is 194 Å². The Kier molecular flexibility index (Phi) is 5.14. The number of hydrogen-bond acceptors (Lipinski definition) is 6. The van der Waals surface area contributed by atoms with E-state index >= 15 is 0 Å². The normalized spacial score (nSPS) is 29.5. The molecule has 2 atom stereocenters. The molecule has 3 heterocycles. The van der Waals surface area contributed by atoms with Crippen LogP contribution in [0.1, 0.15) is 19.4 Å². The van der Waals surface area contributed by atoms with Crippen molar-refractivity contribution >= 4 is 33.0 Å². The molecule has 3 saturated heterocycles. The van der Waals surface area contributed by atoms with Crippen molar-refractivity contribution in [2.45, 2.75) is 20.4 Å². The van der Waals surface area contributed by atoms with Crippen LogP contribution >= 0.6 is 0 Å². The summed E-state index contributed by atoms with van der Waals surface area (Å²) in [5.41, 5.74) is 1.09. The van der Waals surface area contributed by atoms with E-state index in [1.165, 1.54) is 10.5 Å². The second-order valence-corrected chi connectivity index (χ2v) is 12.2. The summed E-state index contributed by atoms with van der Waals surface area (Å²) < 4.78 is 23.4. The molecule has 174 valence electrons. The number of hydrogen-bond donors (Lipinski definition) is 0. The van der Waals surface area contributed by atoms with Crippen molar-refractivity contribution < 1.29 is 18.0 Å². The Balaban J connectivity index is 1.34. The highest BCUT2D eigenvalue weighted by Crippen LogP contribution is 2.54. The number of nitrogens with zero attached hydrogens (tertiary/aromatic N) is 3. The molecule has 2 aromatic carbocycles. The van der Waals surface area contributed by atoms with Gasteiger partial charge in [0.1, 0.15) is 0 Å². The summed E-state index contributed by atoms with van der Waals surface area (Å²) in [6, 6.07) is 17.4. The molecule has 2 unspecified atom stereocenters. The van der Waals surface area contributed by atoms with Crippen LogP contribution in [0.15, 0.2) is 54.6 Å². The van der Waals surface area contributed by atoms with Gasteiger partial charge in [0, 0.05) is 38.4 Å².